The number of hydrogen-bond donors (Lipinski definition) is 1. The number of carbonyl (C=O) groups excluding carboxylic acids is 2. The highest BCUT2D eigenvalue weighted by Crippen LogP contribution is 2.22. The third-order valence-corrected chi connectivity index (χ3v) is 4.08. The molecule has 0 aliphatic carbocycles. The van der Waals surface area contributed by atoms with Gasteiger partial charge in [0.1, 0.15) is 0 Å². The highest BCUT2D eigenvalue weighted by atomic mass is 16.2. The van der Waals surface area contributed by atoms with Crippen LogP contribution in [0.15, 0.2) is 0 Å². The third kappa shape index (κ3) is 4.84. The quantitative estimate of drug-likeness (QED) is 0.720. The van der Waals surface area contributed by atoms with Crippen molar-refractivity contribution >= 4 is 12.3 Å². The number of rotatable bonds is 7. The molecule has 0 spiro atoms. The number of hydrogen-bond acceptors (Lipinski definition) is 2. The number of likely N-dealkylation sites (tertiary alicyclic amines) is 1. The molecule has 1 rings (SSSR count). The first-order valence-corrected chi connectivity index (χ1v) is 7.56. The van der Waals surface area contributed by atoms with Gasteiger partial charge < -0.3 is 10.2 Å². The molecule has 0 aromatic carbocycles. The van der Waals surface area contributed by atoms with E-state index >= 15 is 0 Å². The molecule has 4 nitrogen and oxygen atoms in total. The van der Waals surface area contributed by atoms with Gasteiger partial charge in [-0.25, -0.2) is 0 Å². The lowest BCUT2D eigenvalue weighted by atomic mass is 9.88. The summed E-state index contributed by atoms with van der Waals surface area (Å²) in [5.74, 6) is 0.249. The molecule has 0 atom stereocenters. The van der Waals surface area contributed by atoms with Crippen LogP contribution in [0.2, 0.25) is 0 Å². The number of nitrogens with one attached hydrogen (secondary N) is 1. The van der Waals surface area contributed by atoms with Crippen LogP contribution in [0.1, 0.15) is 59.3 Å². The molecule has 4 heteroatoms. The lowest BCUT2D eigenvalue weighted by molar-refractivity contribution is -0.130. The molecule has 0 unspecified atom stereocenters. The molecule has 0 aromatic heterocycles. The Labute approximate surface area is 116 Å². The van der Waals surface area contributed by atoms with Crippen molar-refractivity contribution in [2.24, 2.45) is 5.92 Å². The second-order valence-corrected chi connectivity index (χ2v) is 5.97. The van der Waals surface area contributed by atoms with Crippen LogP contribution < -0.4 is 5.32 Å². The van der Waals surface area contributed by atoms with E-state index in [0.717, 1.165) is 44.9 Å². The Kier molecular flexibility index (Phi) is 6.32. The molecule has 1 aliphatic heterocycles. The maximum atomic E-state index is 12.3. The number of nitrogens with zero attached hydrogens (tertiary/aromatic N) is 1. The lowest BCUT2D eigenvalue weighted by Crippen LogP contribution is -2.50. The minimum absolute atomic E-state index is 0.0671. The van der Waals surface area contributed by atoms with Crippen LogP contribution in [0.25, 0.3) is 0 Å². The van der Waals surface area contributed by atoms with Crippen LogP contribution in [0.4, 0.5) is 0 Å². The van der Waals surface area contributed by atoms with Gasteiger partial charge in [0, 0.05) is 24.5 Å². The van der Waals surface area contributed by atoms with Gasteiger partial charge in [0.2, 0.25) is 12.3 Å². The normalized spacial score (nSPS) is 17.3. The van der Waals surface area contributed by atoms with Gasteiger partial charge in [-0.15, -0.1) is 0 Å². The van der Waals surface area contributed by atoms with Crippen molar-refractivity contribution in [3.8, 4) is 0 Å². The van der Waals surface area contributed by atoms with Gasteiger partial charge >= 0.3 is 0 Å². The predicted octanol–water partition coefficient (Wildman–Crippen LogP) is 2.33. The molecule has 1 fully saturated rings. The zero-order valence-corrected chi connectivity index (χ0v) is 12.6. The maximum absolute atomic E-state index is 12.3. The topological polar surface area (TPSA) is 49.4 Å². The third-order valence-electron chi connectivity index (χ3n) is 4.08. The standard InChI is InChI=1S/C15H28N2O2/c1-4-8-15(3,9-5-2)16-14(19)13-6-10-17(12-18)11-7-13/h12-13H,4-11H2,1-3H3,(H,16,19). The van der Waals surface area contributed by atoms with E-state index in [2.05, 4.69) is 26.1 Å². The van der Waals surface area contributed by atoms with Crippen LogP contribution in [-0.4, -0.2) is 35.8 Å². The van der Waals surface area contributed by atoms with E-state index in [1.165, 1.54) is 0 Å². The second-order valence-electron chi connectivity index (χ2n) is 5.97. The van der Waals surface area contributed by atoms with Crippen molar-refractivity contribution in [1.82, 2.24) is 10.2 Å². The van der Waals surface area contributed by atoms with E-state index in [1.54, 1.807) is 4.90 Å². The van der Waals surface area contributed by atoms with Gasteiger partial charge in [-0.3, -0.25) is 9.59 Å². The van der Waals surface area contributed by atoms with Crippen LogP contribution in [0.3, 0.4) is 0 Å². The minimum Gasteiger partial charge on any atom is -0.351 e. The molecule has 0 saturated carbocycles. The average molecular weight is 268 g/mol. The van der Waals surface area contributed by atoms with Crippen molar-refractivity contribution in [1.29, 1.82) is 0 Å². The second kappa shape index (κ2) is 7.51. The van der Waals surface area contributed by atoms with Crippen molar-refractivity contribution in [3.05, 3.63) is 0 Å². The largest absolute Gasteiger partial charge is 0.351 e. The van der Waals surface area contributed by atoms with Gasteiger partial charge in [-0.2, -0.15) is 0 Å². The number of piperidine rings is 1. The van der Waals surface area contributed by atoms with Gasteiger partial charge in [0.05, 0.1) is 0 Å². The Hall–Kier alpha value is -1.06. The fourth-order valence-corrected chi connectivity index (χ4v) is 3.02. The van der Waals surface area contributed by atoms with Crippen molar-refractivity contribution in [2.75, 3.05) is 13.1 Å². The van der Waals surface area contributed by atoms with E-state index in [9.17, 15) is 9.59 Å². The zero-order chi connectivity index (χ0) is 14.3. The smallest absolute Gasteiger partial charge is 0.223 e. The van der Waals surface area contributed by atoms with Crippen molar-refractivity contribution in [3.63, 3.8) is 0 Å². The molecule has 0 radical (unpaired) electrons. The Balaban J connectivity index is 2.50. The molecule has 1 saturated heterocycles. The molecule has 1 heterocycles. The Bertz CT molecular complexity index is 291. The van der Waals surface area contributed by atoms with Gasteiger partial charge in [-0.05, 0) is 32.6 Å². The van der Waals surface area contributed by atoms with E-state index in [1.807, 2.05) is 0 Å². The Morgan fingerprint density at radius 1 is 1.26 bits per heavy atom. The molecule has 1 aliphatic rings. The average Bonchev–Trinajstić information content (AvgIpc) is 2.39. The molecule has 0 aromatic rings. The molecule has 110 valence electrons. The fourth-order valence-electron chi connectivity index (χ4n) is 3.02. The Morgan fingerprint density at radius 2 is 1.79 bits per heavy atom. The summed E-state index contributed by atoms with van der Waals surface area (Å²) in [5.41, 5.74) is -0.0671. The summed E-state index contributed by atoms with van der Waals surface area (Å²) in [7, 11) is 0. The Morgan fingerprint density at radius 3 is 2.21 bits per heavy atom. The number of carbonyl (C=O) groups is 2. The minimum atomic E-state index is -0.0671. The molecule has 1 N–H and O–H groups in total. The van der Waals surface area contributed by atoms with E-state index in [-0.39, 0.29) is 17.4 Å². The summed E-state index contributed by atoms with van der Waals surface area (Å²) in [6, 6.07) is 0. The van der Waals surface area contributed by atoms with E-state index in [0.29, 0.717) is 13.1 Å². The maximum Gasteiger partial charge on any atom is 0.223 e. The van der Waals surface area contributed by atoms with Gasteiger partial charge in [-0.1, -0.05) is 26.7 Å². The molecular formula is C15H28N2O2. The first-order chi connectivity index (χ1) is 9.04. The summed E-state index contributed by atoms with van der Waals surface area (Å²) >= 11 is 0. The van der Waals surface area contributed by atoms with Crippen molar-refractivity contribution in [2.45, 2.75) is 64.8 Å². The van der Waals surface area contributed by atoms with Crippen molar-refractivity contribution < 1.29 is 9.59 Å². The predicted molar refractivity (Wildman–Crippen MR) is 76.7 cm³/mol. The van der Waals surface area contributed by atoms with Crippen LogP contribution in [-0.2, 0) is 9.59 Å². The molecular weight excluding hydrogens is 240 g/mol. The fraction of sp³-hybridized carbons (Fsp3) is 0.867. The summed E-state index contributed by atoms with van der Waals surface area (Å²) in [6.45, 7) is 7.88. The summed E-state index contributed by atoms with van der Waals surface area (Å²) in [4.78, 5) is 24.8. The summed E-state index contributed by atoms with van der Waals surface area (Å²) < 4.78 is 0. The number of amides is 2. The first-order valence-electron chi connectivity index (χ1n) is 7.56. The van der Waals surface area contributed by atoms with Crippen LogP contribution in [0, 0.1) is 5.92 Å². The van der Waals surface area contributed by atoms with Crippen LogP contribution >= 0.6 is 0 Å². The highest BCUT2D eigenvalue weighted by Gasteiger charge is 2.30. The van der Waals surface area contributed by atoms with E-state index in [4.69, 9.17) is 0 Å². The monoisotopic (exact) mass is 268 g/mol. The SMILES string of the molecule is CCCC(C)(CCC)NC(=O)C1CCN(C=O)CC1. The highest BCUT2D eigenvalue weighted by molar-refractivity contribution is 5.79. The zero-order valence-electron chi connectivity index (χ0n) is 12.6. The lowest BCUT2D eigenvalue weighted by Gasteiger charge is -2.34. The molecule has 0 bridgehead atoms. The molecule has 2 amide bonds. The van der Waals surface area contributed by atoms with Crippen LogP contribution in [0.5, 0.6) is 0 Å². The first kappa shape index (κ1) is 16.0. The van der Waals surface area contributed by atoms with Gasteiger partial charge in [0.15, 0.2) is 0 Å². The van der Waals surface area contributed by atoms with Gasteiger partial charge in [0.25, 0.3) is 0 Å². The summed E-state index contributed by atoms with van der Waals surface area (Å²) in [5, 5.41) is 3.25. The summed E-state index contributed by atoms with van der Waals surface area (Å²) in [6.07, 6.45) is 6.68. The van der Waals surface area contributed by atoms with E-state index < -0.39 is 0 Å². The molecule has 19 heavy (non-hydrogen) atoms.